The van der Waals surface area contributed by atoms with Gasteiger partial charge in [0.2, 0.25) is 17.7 Å². The Morgan fingerprint density at radius 1 is 1.02 bits per heavy atom. The van der Waals surface area contributed by atoms with Gasteiger partial charge in [-0.3, -0.25) is 14.4 Å². The minimum atomic E-state index is -1.25. The Labute approximate surface area is 302 Å². The molecule has 4 aromatic rings. The van der Waals surface area contributed by atoms with Crippen LogP contribution in [0.3, 0.4) is 0 Å². The van der Waals surface area contributed by atoms with Crippen molar-refractivity contribution in [3.05, 3.63) is 78.2 Å². The van der Waals surface area contributed by atoms with Crippen molar-refractivity contribution < 1.29 is 33.2 Å². The van der Waals surface area contributed by atoms with E-state index < -0.39 is 53.0 Å². The second kappa shape index (κ2) is 14.0. The lowest BCUT2D eigenvalue weighted by atomic mass is 10.0. The molecule has 4 heterocycles. The maximum absolute atomic E-state index is 14.6. The van der Waals surface area contributed by atoms with Crippen LogP contribution in [0.5, 0.6) is 5.88 Å². The van der Waals surface area contributed by atoms with E-state index in [9.17, 15) is 19.2 Å². The topological polar surface area (TPSA) is 153 Å². The molecule has 0 spiro atoms. The number of benzene rings is 2. The summed E-state index contributed by atoms with van der Waals surface area (Å²) >= 11 is 0. The largest absolute Gasteiger partial charge is 0.472 e. The summed E-state index contributed by atoms with van der Waals surface area (Å²) in [7, 11) is 0. The molecule has 2 fully saturated rings. The molecule has 12 heteroatoms. The zero-order chi connectivity index (χ0) is 36.6. The van der Waals surface area contributed by atoms with E-state index in [1.165, 1.54) is 11.0 Å². The number of pyridine rings is 1. The molecule has 0 bridgehead atoms. The fraction of sp³-hybridized carbons (Fsp3) is 0.450. The molecule has 1 saturated heterocycles. The molecule has 7 rings (SSSR count). The number of amides is 3. The van der Waals surface area contributed by atoms with Gasteiger partial charge in [0.1, 0.15) is 35.1 Å². The molecule has 2 aliphatic heterocycles. The highest BCUT2D eigenvalue weighted by Crippen LogP contribution is 2.47. The predicted octanol–water partition coefficient (Wildman–Crippen LogP) is 5.57. The second-order valence-electron chi connectivity index (χ2n) is 15.1. The molecule has 272 valence electrons. The molecule has 3 amide bonds. The molecule has 2 aromatic heterocycles. The normalized spacial score (nSPS) is 26.0. The number of aromatic nitrogens is 2. The highest BCUT2D eigenvalue weighted by atomic mass is 16.6. The van der Waals surface area contributed by atoms with Crippen LogP contribution in [0.4, 0.5) is 0 Å². The monoisotopic (exact) mass is 707 g/mol. The highest BCUT2D eigenvalue weighted by molar-refractivity contribution is 6.07. The van der Waals surface area contributed by atoms with Gasteiger partial charge in [-0.1, -0.05) is 66.5 Å². The summed E-state index contributed by atoms with van der Waals surface area (Å²) in [6, 6.07) is 15.2. The smallest absolute Gasteiger partial charge is 0.333 e. The van der Waals surface area contributed by atoms with Crippen molar-refractivity contribution in [3.8, 4) is 5.88 Å². The van der Waals surface area contributed by atoms with Crippen molar-refractivity contribution >= 4 is 45.4 Å². The zero-order valence-electron chi connectivity index (χ0n) is 30.0. The van der Waals surface area contributed by atoms with Crippen molar-refractivity contribution in [2.24, 2.45) is 5.92 Å². The third kappa shape index (κ3) is 7.24. The zero-order valence-corrected chi connectivity index (χ0v) is 30.0. The Balaban J connectivity index is 1.22. The van der Waals surface area contributed by atoms with Crippen LogP contribution in [0.25, 0.3) is 21.7 Å². The van der Waals surface area contributed by atoms with E-state index in [2.05, 4.69) is 15.8 Å². The van der Waals surface area contributed by atoms with Crippen LogP contribution in [0.15, 0.2) is 71.3 Å². The van der Waals surface area contributed by atoms with E-state index >= 15 is 0 Å². The molecule has 5 unspecified atom stereocenters. The van der Waals surface area contributed by atoms with Crippen LogP contribution in [0.2, 0.25) is 0 Å². The minimum absolute atomic E-state index is 0.0663. The van der Waals surface area contributed by atoms with Gasteiger partial charge in [0, 0.05) is 29.2 Å². The van der Waals surface area contributed by atoms with Crippen molar-refractivity contribution in [1.29, 1.82) is 0 Å². The second-order valence-corrected chi connectivity index (χ2v) is 15.1. The summed E-state index contributed by atoms with van der Waals surface area (Å²) in [5.74, 6) is -1.31. The molecular formula is C40H45N5O7. The van der Waals surface area contributed by atoms with Crippen LogP contribution >= 0.6 is 0 Å². The van der Waals surface area contributed by atoms with E-state index in [4.69, 9.17) is 19.0 Å². The van der Waals surface area contributed by atoms with E-state index in [0.717, 1.165) is 40.9 Å². The number of para-hydroxylation sites is 1. The van der Waals surface area contributed by atoms with Gasteiger partial charge >= 0.3 is 5.97 Å². The third-order valence-corrected chi connectivity index (χ3v) is 10.0. The molecular weight excluding hydrogens is 662 g/mol. The first kappa shape index (κ1) is 35.2. The summed E-state index contributed by atoms with van der Waals surface area (Å²) in [6.45, 7) is 7.13. The van der Waals surface area contributed by atoms with Gasteiger partial charge in [-0.25, -0.2) is 9.78 Å². The number of allylic oxidation sites excluding steroid dienone is 1. The molecule has 12 nitrogen and oxygen atoms in total. The molecule has 3 aliphatic rings. The lowest BCUT2D eigenvalue weighted by Crippen LogP contribution is -2.57. The van der Waals surface area contributed by atoms with Crippen molar-refractivity contribution in [2.45, 2.75) is 102 Å². The number of ether oxygens (including phenoxy) is 2. The summed E-state index contributed by atoms with van der Waals surface area (Å²) < 4.78 is 17.5. The van der Waals surface area contributed by atoms with E-state index in [-0.39, 0.29) is 24.6 Å². The summed E-state index contributed by atoms with van der Waals surface area (Å²) in [5.41, 5.74) is -1.18. The van der Waals surface area contributed by atoms with Gasteiger partial charge in [0.05, 0.1) is 12.1 Å². The van der Waals surface area contributed by atoms with Crippen LogP contribution in [0.1, 0.15) is 82.0 Å². The van der Waals surface area contributed by atoms with Crippen LogP contribution in [-0.2, 0) is 19.1 Å². The number of aryl methyl sites for hydroxylation is 1. The number of nitrogens with one attached hydrogen (secondary N) is 2. The minimum Gasteiger partial charge on any atom is -0.472 e. The predicted molar refractivity (Wildman–Crippen MR) is 193 cm³/mol. The third-order valence-electron chi connectivity index (χ3n) is 10.0. The first-order valence-electron chi connectivity index (χ1n) is 18.1. The molecule has 1 aliphatic carbocycles. The highest BCUT2D eigenvalue weighted by Gasteiger charge is 2.63. The Kier molecular flexibility index (Phi) is 9.50. The first-order valence-corrected chi connectivity index (χ1v) is 18.1. The molecule has 1 saturated carbocycles. The number of rotatable bonds is 5. The van der Waals surface area contributed by atoms with Gasteiger partial charge in [0.25, 0.3) is 5.91 Å². The fourth-order valence-corrected chi connectivity index (χ4v) is 7.33. The first-order chi connectivity index (χ1) is 24.9. The number of fused-ring (bicyclic) bond motifs is 5. The standard InChI is InChI=1S/C40H45N5O7/c1-24-20-32(44-52-24)34(46)41-31-19-9-7-5-6-8-14-25-22-40(25,38(49)51-39(2,3)4)43-35(47)33-21-26(23-45(33)37(31)48)50-36-29-17-11-10-15-27(29)28-16-12-13-18-30(28)42-36/h8,10-18,20,25-26,31,33H,5-7,9,19,21-23H2,1-4H3,(H,41,46)(H,43,47)/b14-8-. The number of nitrogens with zero attached hydrogens (tertiary/aromatic N) is 3. The van der Waals surface area contributed by atoms with Crippen LogP contribution in [-0.4, -0.2) is 74.6 Å². The molecule has 0 radical (unpaired) electrons. The molecule has 5 atom stereocenters. The number of carbonyl (C=O) groups excluding carboxylic acids is 4. The van der Waals surface area contributed by atoms with E-state index in [0.29, 0.717) is 30.9 Å². The van der Waals surface area contributed by atoms with Crippen LogP contribution in [0, 0.1) is 12.8 Å². The number of hydrogen-bond acceptors (Lipinski definition) is 9. The summed E-state index contributed by atoms with van der Waals surface area (Å²) in [4.78, 5) is 62.3. The van der Waals surface area contributed by atoms with Crippen molar-refractivity contribution in [1.82, 2.24) is 25.7 Å². The maximum Gasteiger partial charge on any atom is 0.333 e. The lowest BCUT2D eigenvalue weighted by Gasteiger charge is -2.30. The lowest BCUT2D eigenvalue weighted by molar-refractivity contribution is -0.160. The average molecular weight is 708 g/mol. The van der Waals surface area contributed by atoms with Gasteiger partial charge in [-0.2, -0.15) is 0 Å². The summed E-state index contributed by atoms with van der Waals surface area (Å²) in [5, 5.41) is 12.5. The van der Waals surface area contributed by atoms with E-state index in [1.54, 1.807) is 27.7 Å². The Morgan fingerprint density at radius 3 is 2.52 bits per heavy atom. The quantitative estimate of drug-likeness (QED) is 0.154. The van der Waals surface area contributed by atoms with Gasteiger partial charge < -0.3 is 29.5 Å². The maximum atomic E-state index is 14.6. The van der Waals surface area contributed by atoms with E-state index in [1.807, 2.05) is 60.7 Å². The summed E-state index contributed by atoms with van der Waals surface area (Å²) in [6.07, 6.45) is 7.47. The van der Waals surface area contributed by atoms with Crippen molar-refractivity contribution in [3.63, 3.8) is 0 Å². The Bertz CT molecular complexity index is 2050. The molecule has 2 N–H and O–H groups in total. The van der Waals surface area contributed by atoms with Gasteiger partial charge in [-0.15, -0.1) is 0 Å². The number of esters is 1. The SMILES string of the molecule is Cc1cc(C(=O)NC2CCCCC/C=C\C3CC3(C(=O)OC(C)(C)C)NC(=O)C3CC(Oc4nc5ccccc5c5ccccc45)CN3C2=O)no1. The molecule has 52 heavy (non-hydrogen) atoms. The van der Waals surface area contributed by atoms with Gasteiger partial charge in [-0.05, 0) is 70.9 Å². The Hall–Kier alpha value is -5.26. The van der Waals surface area contributed by atoms with Crippen molar-refractivity contribution in [2.75, 3.05) is 6.54 Å². The van der Waals surface area contributed by atoms with Gasteiger partial charge in [0.15, 0.2) is 5.69 Å². The fourth-order valence-electron chi connectivity index (χ4n) is 7.33. The Morgan fingerprint density at radius 2 is 1.77 bits per heavy atom. The van der Waals surface area contributed by atoms with Crippen LogP contribution < -0.4 is 15.4 Å². The number of hydrogen-bond donors (Lipinski definition) is 2. The number of carbonyl (C=O) groups is 4. The average Bonchev–Trinajstić information content (AvgIpc) is 3.39. The molecule has 2 aromatic carbocycles.